The second kappa shape index (κ2) is 9.96. The van der Waals surface area contributed by atoms with Gasteiger partial charge in [0.25, 0.3) is 5.91 Å². The summed E-state index contributed by atoms with van der Waals surface area (Å²) in [4.78, 5) is 31.4. The standard InChI is InChI=1S/C26H38N4O2S/c1-29-8-10-30(11-9-29)7-6-27-25(32)22-4-2-3-5-23(22)33-18-24(31)28-26-15-19-12-20(16-26)14-21(13-19)17-26/h2-5,19-21H,6-18H2,1H3,(H,27,32)(H,28,31). The van der Waals surface area contributed by atoms with Gasteiger partial charge in [0.2, 0.25) is 5.91 Å². The van der Waals surface area contributed by atoms with Crippen LogP contribution in [0.5, 0.6) is 0 Å². The van der Waals surface area contributed by atoms with Crippen molar-refractivity contribution in [2.24, 2.45) is 17.8 Å². The van der Waals surface area contributed by atoms with Gasteiger partial charge in [-0.2, -0.15) is 0 Å². The summed E-state index contributed by atoms with van der Waals surface area (Å²) in [7, 11) is 2.15. The third-order valence-electron chi connectivity index (χ3n) is 8.24. The molecule has 0 atom stereocenters. The molecule has 2 amide bonds. The molecule has 4 saturated carbocycles. The third kappa shape index (κ3) is 5.57. The lowest BCUT2D eigenvalue weighted by molar-refractivity contribution is -0.124. The van der Waals surface area contributed by atoms with E-state index in [0.717, 1.165) is 55.4 Å². The van der Waals surface area contributed by atoms with Gasteiger partial charge < -0.3 is 15.5 Å². The van der Waals surface area contributed by atoms with Crippen molar-refractivity contribution in [3.8, 4) is 0 Å². The van der Waals surface area contributed by atoms with E-state index in [2.05, 4.69) is 27.5 Å². The number of hydrogen-bond donors (Lipinski definition) is 2. The zero-order chi connectivity index (χ0) is 22.8. The molecule has 2 N–H and O–H groups in total. The van der Waals surface area contributed by atoms with Crippen LogP contribution in [0.15, 0.2) is 29.2 Å². The molecule has 33 heavy (non-hydrogen) atoms. The molecule has 0 spiro atoms. The second-order valence-corrected chi connectivity index (χ2v) is 11.9. The summed E-state index contributed by atoms with van der Waals surface area (Å²) in [6, 6.07) is 7.66. The number of amides is 2. The fraction of sp³-hybridized carbons (Fsp3) is 0.692. The SMILES string of the molecule is CN1CCN(CCNC(=O)c2ccccc2SCC(=O)NC23CC4CC(CC(C4)C2)C3)CC1. The maximum atomic E-state index is 12.9. The highest BCUT2D eigenvalue weighted by atomic mass is 32.2. The van der Waals surface area contributed by atoms with Crippen molar-refractivity contribution < 1.29 is 9.59 Å². The van der Waals surface area contributed by atoms with Gasteiger partial charge in [-0.05, 0) is 75.5 Å². The number of thioether (sulfide) groups is 1. The molecule has 4 aliphatic carbocycles. The zero-order valence-corrected chi connectivity index (χ0v) is 20.7. The summed E-state index contributed by atoms with van der Waals surface area (Å²) in [5.41, 5.74) is 0.718. The molecule has 1 aromatic carbocycles. The Labute approximate surface area is 202 Å². The largest absolute Gasteiger partial charge is 0.351 e. The highest BCUT2D eigenvalue weighted by Crippen LogP contribution is 2.55. The van der Waals surface area contributed by atoms with Crippen molar-refractivity contribution in [1.29, 1.82) is 0 Å². The van der Waals surface area contributed by atoms with Crippen molar-refractivity contribution >= 4 is 23.6 Å². The Balaban J connectivity index is 1.11. The van der Waals surface area contributed by atoms with Gasteiger partial charge in [-0.15, -0.1) is 11.8 Å². The van der Waals surface area contributed by atoms with E-state index in [-0.39, 0.29) is 17.4 Å². The molecular formula is C26H38N4O2S. The molecule has 5 aliphatic rings. The predicted molar refractivity (Wildman–Crippen MR) is 132 cm³/mol. The number of rotatable bonds is 8. The van der Waals surface area contributed by atoms with E-state index in [4.69, 9.17) is 0 Å². The molecule has 0 unspecified atom stereocenters. The minimum Gasteiger partial charge on any atom is -0.351 e. The molecule has 180 valence electrons. The molecule has 1 saturated heterocycles. The van der Waals surface area contributed by atoms with Crippen LogP contribution in [0.3, 0.4) is 0 Å². The number of nitrogens with one attached hydrogen (secondary N) is 2. The Morgan fingerprint density at radius 2 is 1.64 bits per heavy atom. The van der Waals surface area contributed by atoms with E-state index in [0.29, 0.717) is 17.9 Å². The number of hydrogen-bond acceptors (Lipinski definition) is 5. The molecule has 1 heterocycles. The summed E-state index contributed by atoms with van der Waals surface area (Å²) in [5.74, 6) is 2.90. The molecule has 0 radical (unpaired) electrons. The van der Waals surface area contributed by atoms with Crippen molar-refractivity contribution in [2.75, 3.05) is 52.1 Å². The van der Waals surface area contributed by atoms with Crippen LogP contribution in [0.25, 0.3) is 0 Å². The number of carbonyl (C=O) groups excluding carboxylic acids is 2. The van der Waals surface area contributed by atoms with Crippen molar-refractivity contribution in [3.63, 3.8) is 0 Å². The van der Waals surface area contributed by atoms with Gasteiger partial charge in [0, 0.05) is 49.7 Å². The monoisotopic (exact) mass is 470 g/mol. The van der Waals surface area contributed by atoms with E-state index in [1.54, 1.807) is 0 Å². The summed E-state index contributed by atoms with van der Waals surface area (Å²) in [6.07, 6.45) is 7.63. The van der Waals surface area contributed by atoms with Crippen molar-refractivity contribution in [1.82, 2.24) is 20.4 Å². The van der Waals surface area contributed by atoms with Gasteiger partial charge in [0.15, 0.2) is 0 Å². The molecule has 6 rings (SSSR count). The molecule has 1 aliphatic heterocycles. The van der Waals surface area contributed by atoms with Crippen LogP contribution in [0.4, 0.5) is 0 Å². The van der Waals surface area contributed by atoms with Gasteiger partial charge in [0.1, 0.15) is 0 Å². The lowest BCUT2D eigenvalue weighted by Gasteiger charge is -2.56. The maximum Gasteiger partial charge on any atom is 0.252 e. The van der Waals surface area contributed by atoms with Crippen molar-refractivity contribution in [3.05, 3.63) is 29.8 Å². The first-order valence-corrected chi connectivity index (χ1v) is 13.7. The Morgan fingerprint density at radius 3 is 2.30 bits per heavy atom. The lowest BCUT2D eigenvalue weighted by Crippen LogP contribution is -2.60. The van der Waals surface area contributed by atoms with Crippen LogP contribution in [0, 0.1) is 17.8 Å². The van der Waals surface area contributed by atoms with Gasteiger partial charge in [-0.1, -0.05) is 12.1 Å². The van der Waals surface area contributed by atoms with Gasteiger partial charge in [-0.3, -0.25) is 14.5 Å². The van der Waals surface area contributed by atoms with Crippen molar-refractivity contribution in [2.45, 2.75) is 49.0 Å². The molecule has 1 aromatic rings. The minimum atomic E-state index is -0.0475. The van der Waals surface area contributed by atoms with E-state index in [9.17, 15) is 9.59 Å². The number of likely N-dealkylation sites (N-methyl/N-ethyl adjacent to an activating group) is 1. The topological polar surface area (TPSA) is 64.7 Å². The summed E-state index contributed by atoms with van der Waals surface area (Å²) < 4.78 is 0. The van der Waals surface area contributed by atoms with E-state index in [1.165, 1.54) is 50.3 Å². The highest BCUT2D eigenvalue weighted by Gasteiger charge is 2.51. The van der Waals surface area contributed by atoms with Crippen LogP contribution in [-0.4, -0.2) is 79.2 Å². The zero-order valence-electron chi connectivity index (χ0n) is 19.9. The third-order valence-corrected chi connectivity index (χ3v) is 9.32. The fourth-order valence-corrected chi connectivity index (χ4v) is 7.86. The van der Waals surface area contributed by atoms with Crippen LogP contribution in [0.1, 0.15) is 48.9 Å². The first-order chi connectivity index (χ1) is 16.0. The number of benzene rings is 1. The summed E-state index contributed by atoms with van der Waals surface area (Å²) in [6.45, 7) is 5.79. The summed E-state index contributed by atoms with van der Waals surface area (Å²) >= 11 is 1.49. The molecule has 7 heteroatoms. The molecule has 0 aromatic heterocycles. The number of piperazine rings is 1. The Hall–Kier alpha value is -1.57. The Bertz CT molecular complexity index is 832. The van der Waals surface area contributed by atoms with E-state index < -0.39 is 0 Å². The fourth-order valence-electron chi connectivity index (χ4n) is 7.01. The average Bonchev–Trinajstić information content (AvgIpc) is 2.78. The summed E-state index contributed by atoms with van der Waals surface area (Å²) in [5, 5.41) is 6.53. The highest BCUT2D eigenvalue weighted by molar-refractivity contribution is 8.00. The normalized spacial score (nSPS) is 31.5. The quantitative estimate of drug-likeness (QED) is 0.572. The van der Waals surface area contributed by atoms with Crippen LogP contribution in [0.2, 0.25) is 0 Å². The lowest BCUT2D eigenvalue weighted by atomic mass is 9.53. The minimum absolute atomic E-state index is 0.0475. The number of carbonyl (C=O) groups is 2. The van der Waals surface area contributed by atoms with Crippen LogP contribution < -0.4 is 10.6 Å². The predicted octanol–water partition coefficient (Wildman–Crippen LogP) is 2.84. The molecular weight excluding hydrogens is 432 g/mol. The first kappa shape index (κ1) is 23.2. The molecule has 4 bridgehead atoms. The average molecular weight is 471 g/mol. The smallest absolute Gasteiger partial charge is 0.252 e. The molecule has 5 fully saturated rings. The Morgan fingerprint density at radius 1 is 1.00 bits per heavy atom. The van der Waals surface area contributed by atoms with Gasteiger partial charge in [0.05, 0.1) is 11.3 Å². The van der Waals surface area contributed by atoms with Gasteiger partial charge >= 0.3 is 0 Å². The van der Waals surface area contributed by atoms with Crippen LogP contribution >= 0.6 is 11.8 Å². The molecule has 6 nitrogen and oxygen atoms in total. The van der Waals surface area contributed by atoms with E-state index in [1.807, 2.05) is 24.3 Å². The van der Waals surface area contributed by atoms with Gasteiger partial charge in [-0.25, -0.2) is 0 Å². The first-order valence-electron chi connectivity index (χ1n) is 12.7. The van der Waals surface area contributed by atoms with E-state index >= 15 is 0 Å². The maximum absolute atomic E-state index is 12.9. The number of nitrogens with zero attached hydrogens (tertiary/aromatic N) is 2. The van der Waals surface area contributed by atoms with Crippen LogP contribution in [-0.2, 0) is 4.79 Å². The second-order valence-electron chi connectivity index (χ2n) is 10.9. The Kier molecular flexibility index (Phi) is 7.00.